The molecule has 0 bridgehead atoms. The van der Waals surface area contributed by atoms with Crippen molar-refractivity contribution in [1.29, 1.82) is 0 Å². The van der Waals surface area contributed by atoms with Crippen LogP contribution in [0.2, 0.25) is 0 Å². The van der Waals surface area contributed by atoms with Crippen LogP contribution < -0.4 is 11.1 Å². The molecule has 2 aromatic rings. The zero-order valence-electron chi connectivity index (χ0n) is 10.9. The largest absolute Gasteiger partial charge is 0.478 e. The van der Waals surface area contributed by atoms with Crippen molar-refractivity contribution in [1.82, 2.24) is 0 Å². The summed E-state index contributed by atoms with van der Waals surface area (Å²) in [6.45, 7) is 1.88. The molecule has 20 heavy (non-hydrogen) atoms. The summed E-state index contributed by atoms with van der Waals surface area (Å²) in [5.74, 6) is -1.36. The molecule has 0 aromatic heterocycles. The Hall–Kier alpha value is -2.56. The van der Waals surface area contributed by atoms with Gasteiger partial charge in [-0.25, -0.2) is 9.18 Å². The number of nitrogens with two attached hydrogens (primary N) is 1. The fourth-order valence-electron chi connectivity index (χ4n) is 1.96. The quantitative estimate of drug-likeness (QED) is 0.748. The number of hydrogen-bond acceptors (Lipinski definition) is 3. The fraction of sp³-hybridized carbons (Fsp3) is 0.133. The van der Waals surface area contributed by atoms with Gasteiger partial charge in [-0.1, -0.05) is 12.1 Å². The highest BCUT2D eigenvalue weighted by molar-refractivity contribution is 5.94. The molecule has 1 atom stereocenters. The van der Waals surface area contributed by atoms with Crippen LogP contribution >= 0.6 is 0 Å². The molecule has 0 amide bonds. The standard InChI is InChI=1S/C15H15FN2O2/c1-9(10-3-2-4-11(16)7-10)18-12-5-6-13(15(19)20)14(17)8-12/h2-9,18H,17H2,1H3,(H,19,20). The maximum absolute atomic E-state index is 13.2. The molecule has 4 nitrogen and oxygen atoms in total. The first-order valence-electron chi connectivity index (χ1n) is 6.12. The molecule has 2 aromatic carbocycles. The Labute approximate surface area is 116 Å². The van der Waals surface area contributed by atoms with Crippen molar-refractivity contribution >= 4 is 17.3 Å². The third-order valence-corrected chi connectivity index (χ3v) is 3.01. The van der Waals surface area contributed by atoms with Gasteiger partial charge in [0.15, 0.2) is 0 Å². The Bertz CT molecular complexity index is 644. The molecule has 1 unspecified atom stereocenters. The molecular weight excluding hydrogens is 259 g/mol. The average molecular weight is 274 g/mol. The maximum atomic E-state index is 13.2. The van der Waals surface area contributed by atoms with Crippen molar-refractivity contribution in [2.45, 2.75) is 13.0 Å². The van der Waals surface area contributed by atoms with Gasteiger partial charge in [0.2, 0.25) is 0 Å². The molecule has 0 aliphatic carbocycles. The van der Waals surface area contributed by atoms with Crippen LogP contribution in [-0.2, 0) is 0 Å². The van der Waals surface area contributed by atoms with Gasteiger partial charge in [0.1, 0.15) is 5.82 Å². The Morgan fingerprint density at radius 2 is 2.05 bits per heavy atom. The van der Waals surface area contributed by atoms with Crippen molar-refractivity contribution in [3.63, 3.8) is 0 Å². The number of hydrogen-bond donors (Lipinski definition) is 3. The van der Waals surface area contributed by atoms with Crippen molar-refractivity contribution in [3.8, 4) is 0 Å². The monoisotopic (exact) mass is 274 g/mol. The second kappa shape index (κ2) is 5.61. The van der Waals surface area contributed by atoms with E-state index in [1.54, 1.807) is 18.2 Å². The highest BCUT2D eigenvalue weighted by atomic mass is 19.1. The third-order valence-electron chi connectivity index (χ3n) is 3.01. The number of halogens is 1. The van der Waals surface area contributed by atoms with Gasteiger partial charge >= 0.3 is 5.97 Å². The molecule has 0 saturated carbocycles. The summed E-state index contributed by atoms with van der Waals surface area (Å²) in [7, 11) is 0. The third kappa shape index (κ3) is 3.06. The summed E-state index contributed by atoms with van der Waals surface area (Å²) in [4.78, 5) is 10.9. The molecule has 0 fully saturated rings. The summed E-state index contributed by atoms with van der Waals surface area (Å²) in [6, 6.07) is 10.8. The first-order valence-corrected chi connectivity index (χ1v) is 6.12. The number of aromatic carboxylic acids is 1. The number of carbonyl (C=O) groups is 1. The second-order valence-electron chi connectivity index (χ2n) is 4.53. The van der Waals surface area contributed by atoms with Gasteiger partial charge in [0.25, 0.3) is 0 Å². The van der Waals surface area contributed by atoms with Crippen LogP contribution in [0.5, 0.6) is 0 Å². The summed E-state index contributed by atoms with van der Waals surface area (Å²) in [5, 5.41) is 12.1. The van der Waals surface area contributed by atoms with Gasteiger partial charge < -0.3 is 16.2 Å². The highest BCUT2D eigenvalue weighted by Gasteiger charge is 2.10. The van der Waals surface area contributed by atoms with Gasteiger partial charge in [-0.05, 0) is 42.8 Å². The van der Waals surface area contributed by atoms with Crippen LogP contribution in [0, 0.1) is 5.82 Å². The van der Waals surface area contributed by atoms with Gasteiger partial charge in [-0.3, -0.25) is 0 Å². The number of nitrogens with one attached hydrogen (secondary N) is 1. The van der Waals surface area contributed by atoms with Crippen molar-refractivity contribution < 1.29 is 14.3 Å². The van der Waals surface area contributed by atoms with E-state index in [4.69, 9.17) is 10.8 Å². The van der Waals surface area contributed by atoms with E-state index in [1.165, 1.54) is 18.2 Å². The number of anilines is 2. The minimum Gasteiger partial charge on any atom is -0.478 e. The Balaban J connectivity index is 2.18. The predicted octanol–water partition coefficient (Wildman–Crippen LogP) is 3.28. The van der Waals surface area contributed by atoms with E-state index in [1.807, 2.05) is 13.0 Å². The average Bonchev–Trinajstić information content (AvgIpc) is 2.38. The normalized spacial score (nSPS) is 11.9. The second-order valence-corrected chi connectivity index (χ2v) is 4.53. The lowest BCUT2D eigenvalue weighted by Crippen LogP contribution is -2.08. The fourth-order valence-corrected chi connectivity index (χ4v) is 1.96. The first-order chi connectivity index (χ1) is 9.47. The van der Waals surface area contributed by atoms with Crippen molar-refractivity contribution in [2.75, 3.05) is 11.1 Å². The summed E-state index contributed by atoms with van der Waals surface area (Å²) < 4.78 is 13.2. The SMILES string of the molecule is CC(Nc1ccc(C(=O)O)c(N)c1)c1cccc(F)c1. The van der Waals surface area contributed by atoms with Gasteiger partial charge in [-0.15, -0.1) is 0 Å². The lowest BCUT2D eigenvalue weighted by molar-refractivity contribution is 0.0698. The topological polar surface area (TPSA) is 75.3 Å². The van der Waals surface area contributed by atoms with Crippen LogP contribution in [0.1, 0.15) is 28.9 Å². The minimum atomic E-state index is -1.06. The number of nitrogen functional groups attached to an aromatic ring is 1. The summed E-state index contributed by atoms with van der Waals surface area (Å²) >= 11 is 0. The number of rotatable bonds is 4. The lowest BCUT2D eigenvalue weighted by Gasteiger charge is -2.16. The molecule has 0 saturated heterocycles. The predicted molar refractivity (Wildman–Crippen MR) is 76.3 cm³/mol. The van der Waals surface area contributed by atoms with E-state index in [0.717, 1.165) is 5.56 Å². The van der Waals surface area contributed by atoms with E-state index < -0.39 is 5.97 Å². The summed E-state index contributed by atoms with van der Waals surface area (Å²) in [5.41, 5.74) is 7.41. The smallest absolute Gasteiger partial charge is 0.337 e. The van der Waals surface area contributed by atoms with E-state index in [0.29, 0.717) is 5.69 Å². The number of carboxylic acids is 1. The minimum absolute atomic E-state index is 0.0639. The van der Waals surface area contributed by atoms with Gasteiger partial charge in [-0.2, -0.15) is 0 Å². The molecule has 4 N–H and O–H groups in total. The van der Waals surface area contributed by atoms with Crippen molar-refractivity contribution in [3.05, 3.63) is 59.4 Å². The van der Waals surface area contributed by atoms with Crippen LogP contribution in [0.3, 0.4) is 0 Å². The Kier molecular flexibility index (Phi) is 3.89. The zero-order valence-corrected chi connectivity index (χ0v) is 10.9. The molecule has 0 spiro atoms. The zero-order chi connectivity index (χ0) is 14.7. The molecule has 0 aliphatic rings. The van der Waals surface area contributed by atoms with E-state index in [2.05, 4.69) is 5.32 Å². The maximum Gasteiger partial charge on any atom is 0.337 e. The van der Waals surface area contributed by atoms with E-state index >= 15 is 0 Å². The van der Waals surface area contributed by atoms with Crippen molar-refractivity contribution in [2.24, 2.45) is 0 Å². The van der Waals surface area contributed by atoms with Crippen LogP contribution in [-0.4, -0.2) is 11.1 Å². The van der Waals surface area contributed by atoms with Crippen LogP contribution in [0.25, 0.3) is 0 Å². The number of benzene rings is 2. The Morgan fingerprint density at radius 1 is 1.30 bits per heavy atom. The molecule has 104 valence electrons. The molecule has 5 heteroatoms. The van der Waals surface area contributed by atoms with Gasteiger partial charge in [0, 0.05) is 17.4 Å². The van der Waals surface area contributed by atoms with Crippen LogP contribution in [0.4, 0.5) is 15.8 Å². The molecule has 0 radical (unpaired) electrons. The highest BCUT2D eigenvalue weighted by Crippen LogP contribution is 2.23. The van der Waals surface area contributed by atoms with E-state index in [9.17, 15) is 9.18 Å². The van der Waals surface area contributed by atoms with Gasteiger partial charge in [0.05, 0.1) is 5.56 Å². The van der Waals surface area contributed by atoms with Crippen LogP contribution in [0.15, 0.2) is 42.5 Å². The molecule has 2 rings (SSSR count). The Morgan fingerprint density at radius 3 is 2.65 bits per heavy atom. The number of carboxylic acid groups (broad SMARTS) is 1. The van der Waals surface area contributed by atoms with E-state index in [-0.39, 0.29) is 23.1 Å². The lowest BCUT2D eigenvalue weighted by atomic mass is 10.1. The molecular formula is C15H15FN2O2. The molecule has 0 heterocycles. The summed E-state index contributed by atoms with van der Waals surface area (Å²) in [6.07, 6.45) is 0. The molecule has 0 aliphatic heterocycles. The first kappa shape index (κ1) is 13.9.